The Morgan fingerprint density at radius 2 is 1.79 bits per heavy atom. The molecule has 1 heterocycles. The van der Waals surface area contributed by atoms with Gasteiger partial charge in [-0.15, -0.1) is 0 Å². The largest absolute Gasteiger partial charge is 0.494 e. The molecule has 1 N–H and O–H groups in total. The molecule has 2 aromatic carbocycles. The van der Waals surface area contributed by atoms with Crippen molar-refractivity contribution in [2.45, 2.75) is 13.8 Å². The number of hydrogen-bond donors (Lipinski definition) is 1. The highest BCUT2D eigenvalue weighted by Crippen LogP contribution is 2.22. The van der Waals surface area contributed by atoms with Gasteiger partial charge >= 0.3 is 0 Å². The van der Waals surface area contributed by atoms with Gasteiger partial charge in [-0.1, -0.05) is 29.8 Å². The first-order chi connectivity index (χ1) is 14.1. The molecule has 0 saturated heterocycles. The first-order valence-corrected chi connectivity index (χ1v) is 9.44. The lowest BCUT2D eigenvalue weighted by molar-refractivity contribution is -0.123. The lowest BCUT2D eigenvalue weighted by Crippen LogP contribution is -2.24. The summed E-state index contributed by atoms with van der Waals surface area (Å²) in [6.07, 6.45) is 1.47. The van der Waals surface area contributed by atoms with Crippen LogP contribution in [0, 0.1) is 6.92 Å². The standard InChI is InChI=1S/C21H21ClN4O3/c1-3-28-17-9-11-18(12-10-17)29-14-20(27)24-23-13-19-15(2)25-26(21(19)22)16-7-5-4-6-8-16/h4-13H,3,14H2,1-2H3,(H,24,27)/b23-13+. The van der Waals surface area contributed by atoms with Crippen LogP contribution >= 0.6 is 11.6 Å². The number of carbonyl (C=O) groups is 1. The fourth-order valence-corrected chi connectivity index (χ4v) is 2.87. The van der Waals surface area contributed by atoms with Gasteiger partial charge in [-0.3, -0.25) is 4.79 Å². The maximum absolute atomic E-state index is 11.9. The third-order valence-corrected chi connectivity index (χ3v) is 4.30. The van der Waals surface area contributed by atoms with Crippen LogP contribution < -0.4 is 14.9 Å². The summed E-state index contributed by atoms with van der Waals surface area (Å²) >= 11 is 6.42. The number of ether oxygens (including phenoxy) is 2. The molecule has 29 heavy (non-hydrogen) atoms. The van der Waals surface area contributed by atoms with Gasteiger partial charge in [-0.05, 0) is 50.2 Å². The monoisotopic (exact) mass is 412 g/mol. The number of amides is 1. The predicted octanol–water partition coefficient (Wildman–Crippen LogP) is 3.76. The number of nitrogens with one attached hydrogen (secondary N) is 1. The van der Waals surface area contributed by atoms with E-state index < -0.39 is 0 Å². The number of nitrogens with zero attached hydrogens (tertiary/aromatic N) is 3. The van der Waals surface area contributed by atoms with E-state index in [1.165, 1.54) is 6.21 Å². The minimum Gasteiger partial charge on any atom is -0.494 e. The molecule has 0 spiro atoms. The summed E-state index contributed by atoms with van der Waals surface area (Å²) < 4.78 is 12.4. The van der Waals surface area contributed by atoms with Crippen molar-refractivity contribution in [1.82, 2.24) is 15.2 Å². The Hall–Kier alpha value is -3.32. The van der Waals surface area contributed by atoms with Crippen LogP contribution in [-0.2, 0) is 4.79 Å². The quantitative estimate of drug-likeness (QED) is 0.451. The molecule has 0 unspecified atom stereocenters. The summed E-state index contributed by atoms with van der Waals surface area (Å²) in [5.74, 6) is 0.923. The first-order valence-electron chi connectivity index (χ1n) is 9.06. The Bertz CT molecular complexity index is 985. The zero-order valence-corrected chi connectivity index (χ0v) is 16.9. The zero-order valence-electron chi connectivity index (χ0n) is 16.1. The average molecular weight is 413 g/mol. The van der Waals surface area contributed by atoms with E-state index in [1.54, 1.807) is 28.9 Å². The van der Waals surface area contributed by atoms with Gasteiger partial charge in [0.1, 0.15) is 16.7 Å². The van der Waals surface area contributed by atoms with Crippen molar-refractivity contribution < 1.29 is 14.3 Å². The van der Waals surface area contributed by atoms with Gasteiger partial charge in [0.2, 0.25) is 0 Å². The van der Waals surface area contributed by atoms with Crippen molar-refractivity contribution >= 4 is 23.7 Å². The molecule has 0 bridgehead atoms. The maximum atomic E-state index is 11.9. The highest BCUT2D eigenvalue weighted by Gasteiger charge is 2.13. The number of halogens is 1. The van der Waals surface area contributed by atoms with Crippen LogP contribution in [0.2, 0.25) is 5.15 Å². The number of aromatic nitrogens is 2. The number of rotatable bonds is 8. The predicted molar refractivity (Wildman–Crippen MR) is 112 cm³/mol. The van der Waals surface area contributed by atoms with Crippen molar-refractivity contribution in [1.29, 1.82) is 0 Å². The third kappa shape index (κ3) is 5.36. The van der Waals surface area contributed by atoms with E-state index in [4.69, 9.17) is 21.1 Å². The van der Waals surface area contributed by atoms with Gasteiger partial charge < -0.3 is 9.47 Å². The summed E-state index contributed by atoms with van der Waals surface area (Å²) in [7, 11) is 0. The number of carbonyl (C=O) groups excluding carboxylic acids is 1. The summed E-state index contributed by atoms with van der Waals surface area (Å²) in [6.45, 7) is 4.16. The summed E-state index contributed by atoms with van der Waals surface area (Å²) in [4.78, 5) is 11.9. The molecular weight excluding hydrogens is 392 g/mol. The second kappa shape index (κ2) is 9.75. The molecule has 150 valence electrons. The molecule has 0 radical (unpaired) electrons. The number of para-hydroxylation sites is 1. The lowest BCUT2D eigenvalue weighted by atomic mass is 10.3. The molecule has 3 aromatic rings. The highest BCUT2D eigenvalue weighted by atomic mass is 35.5. The molecule has 0 aliphatic heterocycles. The van der Waals surface area contributed by atoms with Crippen LogP contribution in [0.5, 0.6) is 11.5 Å². The molecule has 1 amide bonds. The topological polar surface area (TPSA) is 77.7 Å². The van der Waals surface area contributed by atoms with E-state index >= 15 is 0 Å². The smallest absolute Gasteiger partial charge is 0.277 e. The van der Waals surface area contributed by atoms with E-state index in [0.717, 1.165) is 11.4 Å². The van der Waals surface area contributed by atoms with Gasteiger partial charge in [-0.2, -0.15) is 10.2 Å². The normalized spacial score (nSPS) is 10.9. The van der Waals surface area contributed by atoms with E-state index in [1.807, 2.05) is 44.2 Å². The number of hydrazone groups is 1. The molecule has 0 saturated carbocycles. The van der Waals surface area contributed by atoms with Gasteiger partial charge in [0.25, 0.3) is 5.91 Å². The average Bonchev–Trinajstić information content (AvgIpc) is 3.02. The molecule has 3 rings (SSSR count). The molecule has 0 atom stereocenters. The Morgan fingerprint density at radius 3 is 2.45 bits per heavy atom. The van der Waals surface area contributed by atoms with Gasteiger partial charge in [0.15, 0.2) is 6.61 Å². The van der Waals surface area contributed by atoms with E-state index in [2.05, 4.69) is 15.6 Å². The fraction of sp³-hybridized carbons (Fsp3) is 0.190. The maximum Gasteiger partial charge on any atom is 0.277 e. The van der Waals surface area contributed by atoms with Crippen LogP contribution in [0.25, 0.3) is 5.69 Å². The van der Waals surface area contributed by atoms with Crippen LogP contribution in [0.1, 0.15) is 18.2 Å². The van der Waals surface area contributed by atoms with Gasteiger partial charge in [0.05, 0.1) is 29.8 Å². The third-order valence-electron chi connectivity index (χ3n) is 3.94. The number of aryl methyl sites for hydroxylation is 1. The van der Waals surface area contributed by atoms with Crippen molar-refractivity contribution in [3.63, 3.8) is 0 Å². The van der Waals surface area contributed by atoms with Crippen LogP contribution in [0.4, 0.5) is 0 Å². The molecule has 0 aliphatic carbocycles. The molecule has 0 fully saturated rings. The van der Waals surface area contributed by atoms with Gasteiger partial charge in [0, 0.05) is 0 Å². The van der Waals surface area contributed by atoms with Crippen LogP contribution in [-0.4, -0.2) is 35.1 Å². The summed E-state index contributed by atoms with van der Waals surface area (Å²) in [5, 5.41) is 8.79. The minimum absolute atomic E-state index is 0.165. The molecule has 7 nitrogen and oxygen atoms in total. The second-order valence-electron chi connectivity index (χ2n) is 6.02. The molecule has 8 heteroatoms. The Balaban J connectivity index is 1.55. The number of hydrogen-bond acceptors (Lipinski definition) is 5. The lowest BCUT2D eigenvalue weighted by Gasteiger charge is -2.06. The second-order valence-corrected chi connectivity index (χ2v) is 6.38. The first kappa shape index (κ1) is 20.4. The minimum atomic E-state index is -0.389. The Labute approximate surface area is 173 Å². The number of benzene rings is 2. The molecular formula is C21H21ClN4O3. The fourth-order valence-electron chi connectivity index (χ4n) is 2.55. The van der Waals surface area contributed by atoms with Crippen molar-refractivity contribution in [2.75, 3.05) is 13.2 Å². The summed E-state index contributed by atoms with van der Waals surface area (Å²) in [6, 6.07) is 16.6. The van der Waals surface area contributed by atoms with E-state index in [9.17, 15) is 4.79 Å². The SMILES string of the molecule is CCOc1ccc(OCC(=O)N/N=C/c2c(C)nn(-c3ccccc3)c2Cl)cc1. The molecule has 1 aromatic heterocycles. The van der Waals surface area contributed by atoms with Crippen LogP contribution in [0.3, 0.4) is 0 Å². The van der Waals surface area contributed by atoms with Crippen molar-refractivity contribution in [2.24, 2.45) is 5.10 Å². The highest BCUT2D eigenvalue weighted by molar-refractivity contribution is 6.32. The molecule has 0 aliphatic rings. The van der Waals surface area contributed by atoms with Crippen molar-refractivity contribution in [3.05, 3.63) is 71.0 Å². The zero-order chi connectivity index (χ0) is 20.6. The summed E-state index contributed by atoms with van der Waals surface area (Å²) in [5.41, 5.74) is 4.59. The van der Waals surface area contributed by atoms with Gasteiger partial charge in [-0.25, -0.2) is 10.1 Å². The Kier molecular flexibility index (Phi) is 6.86. The van der Waals surface area contributed by atoms with E-state index in [-0.39, 0.29) is 12.5 Å². The van der Waals surface area contributed by atoms with Crippen LogP contribution in [0.15, 0.2) is 59.7 Å². The Morgan fingerprint density at radius 1 is 1.14 bits per heavy atom. The van der Waals surface area contributed by atoms with E-state index in [0.29, 0.717) is 28.8 Å². The van der Waals surface area contributed by atoms with Crippen molar-refractivity contribution in [3.8, 4) is 17.2 Å².